The molecule has 0 unspecified atom stereocenters. The number of methoxy groups -OCH3 is 1. The summed E-state index contributed by atoms with van der Waals surface area (Å²) in [7, 11) is 1.69. The van der Waals surface area contributed by atoms with Gasteiger partial charge in [-0.1, -0.05) is 60.7 Å². The Bertz CT molecular complexity index is 1350. The number of aromatic nitrogens is 3. The van der Waals surface area contributed by atoms with Crippen LogP contribution in [0, 0.1) is 0 Å². The molecule has 3 aromatic rings. The van der Waals surface area contributed by atoms with Gasteiger partial charge in [0.2, 0.25) is 0 Å². The number of thiophene rings is 1. The van der Waals surface area contributed by atoms with Crippen molar-refractivity contribution in [3.05, 3.63) is 116 Å². The molecule has 3 heterocycles. The molecule has 0 atom stereocenters. The normalized spacial score (nSPS) is 11.3. The Balaban J connectivity index is 1.59. The van der Waals surface area contributed by atoms with Crippen molar-refractivity contribution in [2.45, 2.75) is 19.4 Å². The predicted molar refractivity (Wildman–Crippen MR) is 128 cm³/mol. The molecule has 0 amide bonds. The zero-order valence-corrected chi connectivity index (χ0v) is 18.6. The number of H-pyrrole nitrogens is 1. The lowest BCUT2D eigenvalue weighted by Gasteiger charge is -2.13. The monoisotopic (exact) mass is 441 g/mol. The molecule has 160 valence electrons. The third-order valence-electron chi connectivity index (χ3n) is 5.40. The average Bonchev–Trinajstić information content (AvgIpc) is 3.40. The molecular weight excluding hydrogens is 418 g/mol. The van der Waals surface area contributed by atoms with Gasteiger partial charge in [0.15, 0.2) is 5.82 Å². The average molecular weight is 442 g/mol. The van der Waals surface area contributed by atoms with E-state index in [4.69, 9.17) is 9.72 Å². The van der Waals surface area contributed by atoms with Crippen LogP contribution in [0.2, 0.25) is 0 Å². The SMILES string of the molecule is COCc1ccc(Cc2nc3c(Cc4ccccc4)[nH]c(-c4ccccc4)cn-3c2=O)s1. The summed E-state index contributed by atoms with van der Waals surface area (Å²) >= 11 is 1.66. The minimum atomic E-state index is -0.0674. The highest BCUT2D eigenvalue weighted by Crippen LogP contribution is 2.25. The Hall–Kier alpha value is -3.48. The van der Waals surface area contributed by atoms with Crippen LogP contribution in [0.3, 0.4) is 0 Å². The molecule has 5 rings (SSSR count). The first-order valence-corrected chi connectivity index (χ1v) is 11.3. The first-order valence-electron chi connectivity index (χ1n) is 10.5. The first-order chi connectivity index (χ1) is 15.7. The number of nitrogens with zero attached hydrogens (tertiary/aromatic N) is 2. The minimum absolute atomic E-state index is 0.0674. The molecule has 0 fully saturated rings. The summed E-state index contributed by atoms with van der Waals surface area (Å²) < 4.78 is 6.91. The van der Waals surface area contributed by atoms with E-state index in [-0.39, 0.29) is 5.56 Å². The summed E-state index contributed by atoms with van der Waals surface area (Å²) in [5, 5.41) is 0. The van der Waals surface area contributed by atoms with Crippen LogP contribution in [0.25, 0.3) is 17.1 Å². The molecule has 1 aromatic heterocycles. The summed E-state index contributed by atoms with van der Waals surface area (Å²) in [5.41, 5.74) is 4.50. The topological polar surface area (TPSA) is 59.9 Å². The van der Waals surface area contributed by atoms with Gasteiger partial charge in [-0.2, -0.15) is 0 Å². The lowest BCUT2D eigenvalue weighted by atomic mass is 10.1. The Labute approximate surface area is 190 Å². The number of hydrogen-bond acceptors (Lipinski definition) is 4. The van der Waals surface area contributed by atoms with E-state index in [0.29, 0.717) is 31.0 Å². The van der Waals surface area contributed by atoms with Gasteiger partial charge in [0.1, 0.15) is 5.69 Å². The molecule has 0 spiro atoms. The Morgan fingerprint density at radius 1 is 0.938 bits per heavy atom. The highest BCUT2D eigenvalue weighted by Gasteiger charge is 2.20. The van der Waals surface area contributed by atoms with Crippen LogP contribution in [-0.4, -0.2) is 21.6 Å². The van der Waals surface area contributed by atoms with E-state index in [1.807, 2.05) is 60.8 Å². The van der Waals surface area contributed by atoms with Crippen LogP contribution in [-0.2, 0) is 24.2 Å². The maximum atomic E-state index is 13.3. The van der Waals surface area contributed by atoms with Crippen molar-refractivity contribution in [3.8, 4) is 17.1 Å². The molecule has 0 radical (unpaired) electrons. The second-order valence-corrected chi connectivity index (χ2v) is 8.96. The predicted octanol–water partition coefficient (Wildman–Crippen LogP) is 5.05. The summed E-state index contributed by atoms with van der Waals surface area (Å²) in [5.74, 6) is 0.683. The number of hydrogen-bond donors (Lipinski definition) is 1. The van der Waals surface area contributed by atoms with E-state index in [0.717, 1.165) is 32.3 Å². The number of imidazole rings is 1. The molecule has 2 aromatic carbocycles. The lowest BCUT2D eigenvalue weighted by Crippen LogP contribution is -2.17. The molecule has 0 aliphatic carbocycles. The summed E-state index contributed by atoms with van der Waals surface area (Å²) in [6.07, 6.45) is 3.04. The van der Waals surface area contributed by atoms with Gasteiger partial charge in [-0.05, 0) is 23.3 Å². The number of rotatable bonds is 7. The number of nitrogens with one attached hydrogen (secondary N) is 1. The van der Waals surface area contributed by atoms with E-state index in [9.17, 15) is 4.79 Å². The largest absolute Gasteiger partial charge is 0.379 e. The molecule has 0 saturated heterocycles. The van der Waals surface area contributed by atoms with Gasteiger partial charge in [0.25, 0.3) is 5.56 Å². The molecule has 0 bridgehead atoms. The van der Waals surface area contributed by atoms with Crippen molar-refractivity contribution in [3.63, 3.8) is 0 Å². The van der Waals surface area contributed by atoms with E-state index >= 15 is 0 Å². The van der Waals surface area contributed by atoms with E-state index in [1.165, 1.54) is 0 Å². The third kappa shape index (κ3) is 4.15. The minimum Gasteiger partial charge on any atom is -0.379 e. The first kappa shape index (κ1) is 20.4. The van der Waals surface area contributed by atoms with Gasteiger partial charge < -0.3 is 9.72 Å². The van der Waals surface area contributed by atoms with Gasteiger partial charge in [0.05, 0.1) is 18.0 Å². The standard InChI is InChI=1S/C26H23N3O2S/c1-31-17-21-13-12-20(32-21)15-23-26(30)29-16-24(19-10-6-3-7-11-19)27-22(25(29)28-23)14-18-8-4-2-5-9-18/h2-13,16,27H,14-15,17H2,1H3. The van der Waals surface area contributed by atoms with Crippen molar-refractivity contribution in [2.75, 3.05) is 7.11 Å². The Morgan fingerprint density at radius 2 is 1.66 bits per heavy atom. The van der Waals surface area contributed by atoms with E-state index in [1.54, 1.807) is 23.0 Å². The van der Waals surface area contributed by atoms with Crippen LogP contribution >= 0.6 is 11.3 Å². The molecule has 6 heteroatoms. The zero-order valence-electron chi connectivity index (χ0n) is 17.7. The molecule has 0 saturated carbocycles. The molecular formula is C26H23N3O2S. The highest BCUT2D eigenvalue weighted by molar-refractivity contribution is 7.12. The van der Waals surface area contributed by atoms with Crippen molar-refractivity contribution in [2.24, 2.45) is 0 Å². The summed E-state index contributed by atoms with van der Waals surface area (Å²) in [4.78, 5) is 23.9. The van der Waals surface area contributed by atoms with Crippen LogP contribution in [0.4, 0.5) is 0 Å². The van der Waals surface area contributed by atoms with Gasteiger partial charge in [-0.15, -0.1) is 11.3 Å². The number of aromatic amines is 1. The quantitative estimate of drug-likeness (QED) is 0.384. The zero-order chi connectivity index (χ0) is 21.9. The van der Waals surface area contributed by atoms with Gasteiger partial charge in [-0.25, -0.2) is 4.98 Å². The van der Waals surface area contributed by atoms with Gasteiger partial charge in [-0.3, -0.25) is 9.36 Å². The van der Waals surface area contributed by atoms with Crippen molar-refractivity contribution >= 4 is 11.3 Å². The van der Waals surface area contributed by atoms with E-state index < -0.39 is 0 Å². The van der Waals surface area contributed by atoms with Gasteiger partial charge in [0, 0.05) is 35.9 Å². The number of fused-ring (bicyclic) bond motifs is 1. The molecule has 2 aliphatic heterocycles. The molecule has 1 N–H and O–H groups in total. The molecule has 2 aliphatic rings. The van der Waals surface area contributed by atoms with Crippen LogP contribution in [0.5, 0.6) is 0 Å². The lowest BCUT2D eigenvalue weighted by molar-refractivity contribution is 0.187. The van der Waals surface area contributed by atoms with Crippen LogP contribution in [0.1, 0.15) is 26.7 Å². The Morgan fingerprint density at radius 3 is 2.41 bits per heavy atom. The number of benzene rings is 2. The second-order valence-electron chi connectivity index (χ2n) is 7.71. The highest BCUT2D eigenvalue weighted by atomic mass is 32.1. The van der Waals surface area contributed by atoms with Crippen molar-refractivity contribution < 1.29 is 4.74 Å². The van der Waals surface area contributed by atoms with Crippen molar-refractivity contribution in [1.29, 1.82) is 0 Å². The molecule has 5 nitrogen and oxygen atoms in total. The summed E-state index contributed by atoms with van der Waals surface area (Å²) in [6, 6.07) is 24.4. The third-order valence-corrected chi connectivity index (χ3v) is 6.46. The smallest absolute Gasteiger partial charge is 0.278 e. The maximum Gasteiger partial charge on any atom is 0.278 e. The fourth-order valence-electron chi connectivity index (χ4n) is 3.88. The second kappa shape index (κ2) is 8.94. The summed E-state index contributed by atoms with van der Waals surface area (Å²) in [6.45, 7) is 0.580. The van der Waals surface area contributed by atoms with Crippen molar-refractivity contribution in [1.82, 2.24) is 14.5 Å². The van der Waals surface area contributed by atoms with E-state index in [2.05, 4.69) is 23.2 Å². The van der Waals surface area contributed by atoms with Crippen LogP contribution in [0.15, 0.2) is 83.8 Å². The fourth-order valence-corrected chi connectivity index (χ4v) is 4.88. The maximum absolute atomic E-state index is 13.3. The Kier molecular flexibility index (Phi) is 5.71. The molecule has 32 heavy (non-hydrogen) atoms. The fraction of sp³-hybridized carbons (Fsp3) is 0.154. The van der Waals surface area contributed by atoms with Crippen LogP contribution < -0.4 is 5.56 Å². The van der Waals surface area contributed by atoms with Gasteiger partial charge >= 0.3 is 0 Å². The number of ether oxygens (including phenoxy) is 1.